The van der Waals surface area contributed by atoms with Gasteiger partial charge in [0.1, 0.15) is 0 Å². The molecule has 0 amide bonds. The number of rotatable bonds is 1. The number of hydrogen-bond acceptors (Lipinski definition) is 2. The fraction of sp³-hybridized carbons (Fsp3) is 0.571. The molecule has 16 heavy (non-hydrogen) atoms. The van der Waals surface area contributed by atoms with E-state index in [2.05, 4.69) is 37.3 Å². The second-order valence-corrected chi connectivity index (χ2v) is 5.38. The topological polar surface area (TPSA) is 3.24 Å². The van der Waals surface area contributed by atoms with Crippen molar-refractivity contribution >= 4 is 11.8 Å². The summed E-state index contributed by atoms with van der Waals surface area (Å²) >= 11 is 1.77. The minimum Gasteiger partial charge on any atom is -0.306 e. The molecule has 1 nitrogen and oxygen atoms in total. The summed E-state index contributed by atoms with van der Waals surface area (Å²) in [7, 11) is 2.20. The number of hydrogen-bond donors (Lipinski definition) is 0. The molecule has 90 valence electrons. The molecule has 0 aliphatic carbocycles. The minimum absolute atomic E-state index is 0.978. The first kappa shape index (κ1) is 13.6. The summed E-state index contributed by atoms with van der Waals surface area (Å²) in [5, 5.41) is 0. The zero-order chi connectivity index (χ0) is 11.8. The van der Waals surface area contributed by atoms with Crippen LogP contribution >= 0.6 is 11.8 Å². The summed E-state index contributed by atoms with van der Waals surface area (Å²) in [5.74, 6) is 0.978. The number of benzene rings is 1. The molecule has 1 aromatic carbocycles. The quantitative estimate of drug-likeness (QED) is 0.684. The molecule has 0 aromatic heterocycles. The van der Waals surface area contributed by atoms with Crippen molar-refractivity contribution in [2.45, 2.75) is 24.7 Å². The first-order valence-electron chi connectivity index (χ1n) is 6.00. The molecule has 0 saturated carbocycles. The van der Waals surface area contributed by atoms with Crippen molar-refractivity contribution in [3.63, 3.8) is 0 Å². The highest BCUT2D eigenvalue weighted by Crippen LogP contribution is 2.13. The summed E-state index contributed by atoms with van der Waals surface area (Å²) in [6.45, 7) is 4.95. The standard InChI is InChI=1S/C7H15N.C7H8S/c1-7-3-5-8(2)6-4-7;1-8-7-5-3-2-4-6-7/h7H,3-6H2,1-2H3;2-6H,1H3. The van der Waals surface area contributed by atoms with Gasteiger partial charge in [-0.15, -0.1) is 11.8 Å². The third-order valence-electron chi connectivity index (χ3n) is 2.99. The van der Waals surface area contributed by atoms with Gasteiger partial charge >= 0.3 is 0 Å². The third-order valence-corrected chi connectivity index (χ3v) is 3.73. The Bertz CT molecular complexity index is 255. The molecule has 1 aliphatic rings. The smallest absolute Gasteiger partial charge is 0.00691 e. The third kappa shape index (κ3) is 5.57. The lowest BCUT2D eigenvalue weighted by atomic mass is 10.00. The summed E-state index contributed by atoms with van der Waals surface area (Å²) in [6, 6.07) is 10.3. The van der Waals surface area contributed by atoms with Gasteiger partial charge in [0.15, 0.2) is 0 Å². The molecule has 2 heteroatoms. The van der Waals surface area contributed by atoms with Crippen molar-refractivity contribution in [1.82, 2.24) is 4.90 Å². The van der Waals surface area contributed by atoms with E-state index in [9.17, 15) is 0 Å². The second kappa shape index (κ2) is 7.75. The number of piperidine rings is 1. The molecule has 1 aliphatic heterocycles. The lowest BCUT2D eigenvalue weighted by Crippen LogP contribution is -2.28. The molecule has 1 heterocycles. The minimum atomic E-state index is 0.978. The number of thioether (sulfide) groups is 1. The zero-order valence-corrected chi connectivity index (χ0v) is 11.5. The van der Waals surface area contributed by atoms with E-state index >= 15 is 0 Å². The van der Waals surface area contributed by atoms with Crippen LogP contribution in [0.1, 0.15) is 19.8 Å². The van der Waals surface area contributed by atoms with Gasteiger partial charge in [0, 0.05) is 4.90 Å². The summed E-state index contributed by atoms with van der Waals surface area (Å²) in [4.78, 5) is 3.73. The zero-order valence-electron chi connectivity index (χ0n) is 10.6. The Hall–Kier alpha value is -0.470. The van der Waals surface area contributed by atoms with Crippen LogP contribution in [0.15, 0.2) is 35.2 Å². The van der Waals surface area contributed by atoms with Crippen LogP contribution in [-0.2, 0) is 0 Å². The Labute approximate surface area is 104 Å². The molecule has 0 unspecified atom stereocenters. The van der Waals surface area contributed by atoms with Gasteiger partial charge in [-0.3, -0.25) is 0 Å². The van der Waals surface area contributed by atoms with E-state index in [1.165, 1.54) is 30.8 Å². The normalized spacial score (nSPS) is 17.7. The van der Waals surface area contributed by atoms with Crippen LogP contribution in [0, 0.1) is 5.92 Å². The van der Waals surface area contributed by atoms with Gasteiger partial charge in [-0.05, 0) is 57.3 Å². The molecule has 0 radical (unpaired) electrons. The molecular formula is C14H23NS. The van der Waals surface area contributed by atoms with Gasteiger partial charge in [0.2, 0.25) is 0 Å². The van der Waals surface area contributed by atoms with E-state index in [1.807, 2.05) is 18.2 Å². The fourth-order valence-electron chi connectivity index (χ4n) is 1.69. The second-order valence-electron chi connectivity index (χ2n) is 4.50. The van der Waals surface area contributed by atoms with E-state index in [1.54, 1.807) is 11.8 Å². The van der Waals surface area contributed by atoms with Crippen LogP contribution < -0.4 is 0 Å². The van der Waals surface area contributed by atoms with Crippen molar-refractivity contribution in [2.75, 3.05) is 26.4 Å². The maximum Gasteiger partial charge on any atom is 0.00691 e. The van der Waals surface area contributed by atoms with Crippen LogP contribution in [0.2, 0.25) is 0 Å². The molecule has 1 saturated heterocycles. The van der Waals surface area contributed by atoms with Gasteiger partial charge < -0.3 is 4.90 Å². The Morgan fingerprint density at radius 2 is 1.69 bits per heavy atom. The van der Waals surface area contributed by atoms with E-state index in [-0.39, 0.29) is 0 Å². The van der Waals surface area contributed by atoms with Crippen molar-refractivity contribution < 1.29 is 0 Å². The molecule has 2 rings (SSSR count). The van der Waals surface area contributed by atoms with Crippen LogP contribution in [-0.4, -0.2) is 31.3 Å². The highest BCUT2D eigenvalue weighted by molar-refractivity contribution is 7.98. The predicted octanol–water partition coefficient (Wildman–Crippen LogP) is 3.76. The molecule has 0 spiro atoms. The molecule has 1 aromatic rings. The average molecular weight is 237 g/mol. The van der Waals surface area contributed by atoms with Crippen LogP contribution in [0.4, 0.5) is 0 Å². The summed E-state index contributed by atoms with van der Waals surface area (Å²) < 4.78 is 0. The van der Waals surface area contributed by atoms with Gasteiger partial charge in [0.25, 0.3) is 0 Å². The lowest BCUT2D eigenvalue weighted by Gasteiger charge is -2.26. The summed E-state index contributed by atoms with van der Waals surface area (Å²) in [5.41, 5.74) is 0. The average Bonchev–Trinajstić information content (AvgIpc) is 2.35. The largest absolute Gasteiger partial charge is 0.306 e. The van der Waals surface area contributed by atoms with Crippen molar-refractivity contribution in [1.29, 1.82) is 0 Å². The van der Waals surface area contributed by atoms with Gasteiger partial charge in [0.05, 0.1) is 0 Å². The van der Waals surface area contributed by atoms with Crippen molar-refractivity contribution in [3.05, 3.63) is 30.3 Å². The number of likely N-dealkylation sites (tertiary alicyclic amines) is 1. The Balaban J connectivity index is 0.000000160. The van der Waals surface area contributed by atoms with Crippen LogP contribution in [0.5, 0.6) is 0 Å². The van der Waals surface area contributed by atoms with Crippen LogP contribution in [0.3, 0.4) is 0 Å². The van der Waals surface area contributed by atoms with E-state index in [4.69, 9.17) is 0 Å². The highest BCUT2D eigenvalue weighted by atomic mass is 32.2. The number of nitrogens with zero attached hydrogens (tertiary/aromatic N) is 1. The van der Waals surface area contributed by atoms with Gasteiger partial charge in [-0.2, -0.15) is 0 Å². The molecule has 0 bridgehead atoms. The van der Waals surface area contributed by atoms with Crippen LogP contribution in [0.25, 0.3) is 0 Å². The van der Waals surface area contributed by atoms with E-state index in [0.717, 1.165) is 5.92 Å². The maximum atomic E-state index is 2.40. The Morgan fingerprint density at radius 1 is 1.12 bits per heavy atom. The highest BCUT2D eigenvalue weighted by Gasteiger charge is 2.10. The Morgan fingerprint density at radius 3 is 2.06 bits per heavy atom. The van der Waals surface area contributed by atoms with Gasteiger partial charge in [-0.1, -0.05) is 25.1 Å². The predicted molar refractivity (Wildman–Crippen MR) is 74.1 cm³/mol. The maximum absolute atomic E-state index is 2.40. The summed E-state index contributed by atoms with van der Waals surface area (Å²) in [6.07, 6.45) is 4.88. The van der Waals surface area contributed by atoms with E-state index < -0.39 is 0 Å². The molecule has 0 atom stereocenters. The fourth-order valence-corrected chi connectivity index (χ4v) is 2.12. The SMILES string of the molecule is CC1CCN(C)CC1.CSc1ccccc1. The molecule has 0 N–H and O–H groups in total. The first-order chi connectivity index (χ1) is 7.72. The van der Waals surface area contributed by atoms with Gasteiger partial charge in [-0.25, -0.2) is 0 Å². The van der Waals surface area contributed by atoms with E-state index in [0.29, 0.717) is 0 Å². The molecular weight excluding hydrogens is 214 g/mol. The first-order valence-corrected chi connectivity index (χ1v) is 7.22. The van der Waals surface area contributed by atoms with Crippen molar-refractivity contribution in [3.8, 4) is 0 Å². The Kier molecular flexibility index (Phi) is 6.58. The monoisotopic (exact) mass is 237 g/mol. The van der Waals surface area contributed by atoms with Crippen molar-refractivity contribution in [2.24, 2.45) is 5.92 Å². The lowest BCUT2D eigenvalue weighted by molar-refractivity contribution is 0.230. The molecule has 1 fully saturated rings.